The van der Waals surface area contributed by atoms with Crippen molar-refractivity contribution in [2.45, 2.75) is 13.8 Å². The number of hydrogen-bond donors (Lipinski definition) is 2. The van der Waals surface area contributed by atoms with Gasteiger partial charge in [-0.25, -0.2) is 4.39 Å². The lowest BCUT2D eigenvalue weighted by atomic mass is 10.2. The summed E-state index contributed by atoms with van der Waals surface area (Å²) in [7, 11) is 0. The molecule has 0 aliphatic heterocycles. The van der Waals surface area contributed by atoms with Gasteiger partial charge in [0.05, 0.1) is 6.54 Å². The Hall–Kier alpha value is -1.58. The molecule has 0 heterocycles. The van der Waals surface area contributed by atoms with Crippen LogP contribution in [0.2, 0.25) is 0 Å². The minimum Gasteiger partial charge on any atom is -0.376 e. The first-order valence-corrected chi connectivity index (χ1v) is 4.90. The fourth-order valence-electron chi connectivity index (χ4n) is 1.26. The van der Waals surface area contributed by atoms with Crippen LogP contribution in [0.3, 0.4) is 0 Å². The van der Waals surface area contributed by atoms with E-state index >= 15 is 0 Å². The number of halogens is 1. The fraction of sp³-hybridized carbons (Fsp3) is 0.364. The highest BCUT2D eigenvalue weighted by Crippen LogP contribution is 2.14. The molecule has 0 aliphatic carbocycles. The van der Waals surface area contributed by atoms with Crippen LogP contribution < -0.4 is 10.6 Å². The van der Waals surface area contributed by atoms with Crippen LogP contribution in [-0.2, 0) is 4.79 Å². The lowest BCUT2D eigenvalue weighted by molar-refractivity contribution is -0.119. The maximum absolute atomic E-state index is 12.8. The van der Waals surface area contributed by atoms with Gasteiger partial charge in [0.15, 0.2) is 0 Å². The Kier molecular flexibility index (Phi) is 4.09. The van der Waals surface area contributed by atoms with Gasteiger partial charge in [-0.15, -0.1) is 0 Å². The van der Waals surface area contributed by atoms with Gasteiger partial charge >= 0.3 is 0 Å². The van der Waals surface area contributed by atoms with Crippen molar-refractivity contribution in [3.8, 4) is 0 Å². The topological polar surface area (TPSA) is 41.1 Å². The number of anilines is 1. The van der Waals surface area contributed by atoms with Gasteiger partial charge in [0, 0.05) is 12.2 Å². The fourth-order valence-corrected chi connectivity index (χ4v) is 1.26. The van der Waals surface area contributed by atoms with E-state index in [0.29, 0.717) is 6.54 Å². The molecular formula is C11H15FN2O. The zero-order valence-electron chi connectivity index (χ0n) is 8.93. The quantitative estimate of drug-likeness (QED) is 0.794. The summed E-state index contributed by atoms with van der Waals surface area (Å²) in [4.78, 5) is 11.1. The number of carbonyl (C=O) groups is 1. The molecule has 3 nitrogen and oxygen atoms in total. The Morgan fingerprint density at radius 1 is 1.47 bits per heavy atom. The predicted molar refractivity (Wildman–Crippen MR) is 58.3 cm³/mol. The number of nitrogens with one attached hydrogen (secondary N) is 2. The molecule has 15 heavy (non-hydrogen) atoms. The van der Waals surface area contributed by atoms with Crippen molar-refractivity contribution in [2.75, 3.05) is 18.4 Å². The molecule has 0 radical (unpaired) electrons. The second-order valence-corrected chi connectivity index (χ2v) is 3.27. The molecular weight excluding hydrogens is 195 g/mol. The lowest BCUT2D eigenvalue weighted by Crippen LogP contribution is -2.29. The molecule has 0 saturated carbocycles. The van der Waals surface area contributed by atoms with E-state index < -0.39 is 0 Å². The second kappa shape index (κ2) is 5.34. The first-order valence-electron chi connectivity index (χ1n) is 4.90. The van der Waals surface area contributed by atoms with E-state index in [4.69, 9.17) is 0 Å². The summed E-state index contributed by atoms with van der Waals surface area (Å²) in [5.74, 6) is -0.336. The van der Waals surface area contributed by atoms with Gasteiger partial charge in [0.1, 0.15) is 5.82 Å². The molecule has 0 aromatic heterocycles. The summed E-state index contributed by atoms with van der Waals surface area (Å²) in [6.07, 6.45) is 0. The van der Waals surface area contributed by atoms with Crippen molar-refractivity contribution in [1.29, 1.82) is 0 Å². The predicted octanol–water partition coefficient (Wildman–Crippen LogP) is 1.68. The highest BCUT2D eigenvalue weighted by molar-refractivity contribution is 5.80. The van der Waals surface area contributed by atoms with Crippen molar-refractivity contribution in [3.05, 3.63) is 29.6 Å². The van der Waals surface area contributed by atoms with Gasteiger partial charge in [0.2, 0.25) is 5.91 Å². The zero-order valence-corrected chi connectivity index (χ0v) is 8.93. The van der Waals surface area contributed by atoms with Crippen LogP contribution in [-0.4, -0.2) is 19.0 Å². The van der Waals surface area contributed by atoms with Gasteiger partial charge in [-0.05, 0) is 37.6 Å². The van der Waals surface area contributed by atoms with E-state index in [2.05, 4.69) is 10.6 Å². The number of carbonyl (C=O) groups excluding carboxylic acids is 1. The van der Waals surface area contributed by atoms with E-state index in [9.17, 15) is 9.18 Å². The van der Waals surface area contributed by atoms with Crippen molar-refractivity contribution in [2.24, 2.45) is 0 Å². The summed E-state index contributed by atoms with van der Waals surface area (Å²) in [6.45, 7) is 4.48. The largest absolute Gasteiger partial charge is 0.376 e. The molecule has 4 heteroatoms. The highest BCUT2D eigenvalue weighted by atomic mass is 19.1. The van der Waals surface area contributed by atoms with Gasteiger partial charge in [-0.2, -0.15) is 0 Å². The summed E-state index contributed by atoms with van der Waals surface area (Å²) >= 11 is 0. The monoisotopic (exact) mass is 210 g/mol. The van der Waals surface area contributed by atoms with Crippen LogP contribution in [0.5, 0.6) is 0 Å². The van der Waals surface area contributed by atoms with Crippen molar-refractivity contribution in [3.63, 3.8) is 0 Å². The lowest BCUT2D eigenvalue weighted by Gasteiger charge is -2.09. The molecule has 2 N–H and O–H groups in total. The molecule has 1 rings (SSSR count). The molecule has 1 aromatic rings. The zero-order chi connectivity index (χ0) is 11.3. The maximum Gasteiger partial charge on any atom is 0.239 e. The van der Waals surface area contributed by atoms with Crippen LogP contribution in [0.4, 0.5) is 10.1 Å². The SMILES string of the molecule is CCNC(=O)CNc1ccc(F)cc1C. The minimum atomic E-state index is -0.268. The van der Waals surface area contributed by atoms with Crippen molar-refractivity contribution < 1.29 is 9.18 Å². The molecule has 0 spiro atoms. The summed E-state index contributed by atoms with van der Waals surface area (Å²) < 4.78 is 12.8. The Labute approximate surface area is 88.7 Å². The van der Waals surface area contributed by atoms with E-state index in [-0.39, 0.29) is 18.3 Å². The summed E-state index contributed by atoms with van der Waals surface area (Å²) in [5.41, 5.74) is 1.57. The molecule has 0 fully saturated rings. The Balaban J connectivity index is 2.54. The molecule has 0 aliphatic rings. The number of benzene rings is 1. The first-order chi connectivity index (χ1) is 7.13. The number of aryl methyl sites for hydroxylation is 1. The number of amides is 1. The van der Waals surface area contributed by atoms with Crippen LogP contribution in [0.1, 0.15) is 12.5 Å². The van der Waals surface area contributed by atoms with Gasteiger partial charge in [-0.3, -0.25) is 4.79 Å². The van der Waals surface area contributed by atoms with Gasteiger partial charge < -0.3 is 10.6 Å². The number of hydrogen-bond acceptors (Lipinski definition) is 2. The molecule has 0 unspecified atom stereocenters. The maximum atomic E-state index is 12.8. The molecule has 0 saturated heterocycles. The third-order valence-electron chi connectivity index (χ3n) is 2.00. The molecule has 1 amide bonds. The average molecular weight is 210 g/mol. The van der Waals surface area contributed by atoms with E-state index in [0.717, 1.165) is 11.3 Å². The highest BCUT2D eigenvalue weighted by Gasteiger charge is 2.02. The normalized spacial score (nSPS) is 9.80. The molecule has 1 aromatic carbocycles. The number of likely N-dealkylation sites (N-methyl/N-ethyl adjacent to an activating group) is 1. The molecule has 82 valence electrons. The summed E-state index contributed by atoms with van der Waals surface area (Å²) in [6, 6.07) is 4.43. The van der Waals surface area contributed by atoms with Gasteiger partial charge in [-0.1, -0.05) is 0 Å². The Morgan fingerprint density at radius 3 is 2.80 bits per heavy atom. The third-order valence-corrected chi connectivity index (χ3v) is 2.00. The van der Waals surface area contributed by atoms with Gasteiger partial charge in [0.25, 0.3) is 0 Å². The minimum absolute atomic E-state index is 0.0683. The van der Waals surface area contributed by atoms with Crippen LogP contribution in [0.15, 0.2) is 18.2 Å². The van der Waals surface area contributed by atoms with Crippen LogP contribution in [0.25, 0.3) is 0 Å². The van der Waals surface area contributed by atoms with Crippen molar-refractivity contribution in [1.82, 2.24) is 5.32 Å². The third kappa shape index (κ3) is 3.58. The Bertz CT molecular complexity index is 352. The van der Waals surface area contributed by atoms with E-state index in [1.165, 1.54) is 12.1 Å². The van der Waals surface area contributed by atoms with Crippen molar-refractivity contribution >= 4 is 11.6 Å². The van der Waals surface area contributed by atoms with Crippen LogP contribution >= 0.6 is 0 Å². The summed E-state index contributed by atoms with van der Waals surface area (Å²) in [5, 5.41) is 5.62. The standard InChI is InChI=1S/C11H15FN2O/c1-3-13-11(15)7-14-10-5-4-9(12)6-8(10)2/h4-6,14H,3,7H2,1-2H3,(H,13,15). The number of rotatable bonds is 4. The van der Waals surface area contributed by atoms with Crippen LogP contribution in [0, 0.1) is 12.7 Å². The second-order valence-electron chi connectivity index (χ2n) is 3.27. The average Bonchev–Trinajstić information content (AvgIpc) is 2.17. The molecule has 0 bridgehead atoms. The first kappa shape index (κ1) is 11.5. The smallest absolute Gasteiger partial charge is 0.239 e. The molecule has 0 atom stereocenters. The van der Waals surface area contributed by atoms with E-state index in [1.807, 2.05) is 6.92 Å². The van der Waals surface area contributed by atoms with E-state index in [1.54, 1.807) is 13.0 Å². The Morgan fingerprint density at radius 2 is 2.20 bits per heavy atom.